The van der Waals surface area contributed by atoms with E-state index in [2.05, 4.69) is 23.3 Å². The number of rotatable bonds is 4. The standard InChI is InChI=1S/C15H23N3O/c1-3-15(19)18-8-6-14(12(2)11-18)17-10-13-5-4-7-16-9-13/h4-5,7,9,12,14,17H,3,6,8,10-11H2,1-2H3/t12-,14+/m0/s1. The van der Waals surface area contributed by atoms with Crippen LogP contribution in [0.3, 0.4) is 0 Å². The van der Waals surface area contributed by atoms with Crippen LogP contribution in [0.1, 0.15) is 32.3 Å². The maximum atomic E-state index is 11.7. The lowest BCUT2D eigenvalue weighted by atomic mass is 9.93. The summed E-state index contributed by atoms with van der Waals surface area (Å²) in [6, 6.07) is 4.53. The molecular formula is C15H23N3O. The van der Waals surface area contributed by atoms with Crippen LogP contribution < -0.4 is 5.32 Å². The molecule has 0 unspecified atom stereocenters. The fourth-order valence-electron chi connectivity index (χ4n) is 2.65. The molecule has 1 fully saturated rings. The van der Waals surface area contributed by atoms with E-state index in [9.17, 15) is 4.79 Å². The van der Waals surface area contributed by atoms with E-state index < -0.39 is 0 Å². The van der Waals surface area contributed by atoms with Crippen molar-refractivity contribution in [3.8, 4) is 0 Å². The maximum Gasteiger partial charge on any atom is 0.222 e. The molecule has 1 aromatic heterocycles. The van der Waals surface area contributed by atoms with Crippen molar-refractivity contribution in [2.45, 2.75) is 39.3 Å². The Kier molecular flexibility index (Phi) is 4.91. The van der Waals surface area contributed by atoms with Crippen LogP contribution in [0.4, 0.5) is 0 Å². The van der Waals surface area contributed by atoms with Crippen molar-refractivity contribution >= 4 is 5.91 Å². The van der Waals surface area contributed by atoms with Crippen LogP contribution in [0.15, 0.2) is 24.5 Å². The number of nitrogens with one attached hydrogen (secondary N) is 1. The van der Waals surface area contributed by atoms with Crippen LogP contribution in [-0.4, -0.2) is 34.9 Å². The van der Waals surface area contributed by atoms with Crippen molar-refractivity contribution in [2.75, 3.05) is 13.1 Å². The molecular weight excluding hydrogens is 238 g/mol. The van der Waals surface area contributed by atoms with Crippen molar-refractivity contribution < 1.29 is 4.79 Å². The molecule has 0 bridgehead atoms. The van der Waals surface area contributed by atoms with Crippen LogP contribution in [0.2, 0.25) is 0 Å². The van der Waals surface area contributed by atoms with E-state index in [0.717, 1.165) is 26.1 Å². The highest BCUT2D eigenvalue weighted by Gasteiger charge is 2.27. The summed E-state index contributed by atoms with van der Waals surface area (Å²) in [5.74, 6) is 0.776. The Hall–Kier alpha value is -1.42. The number of piperidine rings is 1. The molecule has 0 aromatic carbocycles. The van der Waals surface area contributed by atoms with Gasteiger partial charge >= 0.3 is 0 Å². The SMILES string of the molecule is CCC(=O)N1CC[C@@H](NCc2cccnc2)[C@@H](C)C1. The molecule has 0 spiro atoms. The average Bonchev–Trinajstić information content (AvgIpc) is 2.46. The lowest BCUT2D eigenvalue weighted by Crippen LogP contribution is -2.49. The van der Waals surface area contributed by atoms with Gasteiger partial charge in [-0.1, -0.05) is 19.9 Å². The maximum absolute atomic E-state index is 11.7. The highest BCUT2D eigenvalue weighted by Crippen LogP contribution is 2.18. The van der Waals surface area contributed by atoms with E-state index in [-0.39, 0.29) is 5.91 Å². The zero-order valence-corrected chi connectivity index (χ0v) is 11.8. The third kappa shape index (κ3) is 3.77. The Morgan fingerprint density at radius 3 is 3.05 bits per heavy atom. The van der Waals surface area contributed by atoms with E-state index in [1.54, 1.807) is 6.20 Å². The summed E-state index contributed by atoms with van der Waals surface area (Å²) in [7, 11) is 0. The molecule has 1 aliphatic rings. The van der Waals surface area contributed by atoms with Crippen molar-refractivity contribution in [2.24, 2.45) is 5.92 Å². The zero-order chi connectivity index (χ0) is 13.7. The highest BCUT2D eigenvalue weighted by atomic mass is 16.2. The van der Waals surface area contributed by atoms with Gasteiger partial charge in [0.15, 0.2) is 0 Å². The summed E-state index contributed by atoms with van der Waals surface area (Å²) < 4.78 is 0. The number of amides is 1. The normalized spacial score (nSPS) is 23.4. The second-order valence-corrected chi connectivity index (χ2v) is 5.31. The van der Waals surface area contributed by atoms with Gasteiger partial charge in [-0.05, 0) is 24.0 Å². The number of nitrogens with zero attached hydrogens (tertiary/aromatic N) is 2. The van der Waals surface area contributed by atoms with E-state index in [4.69, 9.17) is 0 Å². The number of carbonyl (C=O) groups is 1. The van der Waals surface area contributed by atoms with Crippen LogP contribution >= 0.6 is 0 Å². The van der Waals surface area contributed by atoms with Crippen LogP contribution in [-0.2, 0) is 11.3 Å². The molecule has 104 valence electrons. The van der Waals surface area contributed by atoms with Gasteiger partial charge < -0.3 is 10.2 Å². The molecule has 2 rings (SSSR count). The van der Waals surface area contributed by atoms with Gasteiger partial charge in [0.25, 0.3) is 0 Å². The molecule has 0 aliphatic carbocycles. The highest BCUT2D eigenvalue weighted by molar-refractivity contribution is 5.75. The molecule has 1 N–H and O–H groups in total. The largest absolute Gasteiger partial charge is 0.342 e. The first-order valence-electron chi connectivity index (χ1n) is 7.10. The summed E-state index contributed by atoms with van der Waals surface area (Å²) >= 11 is 0. The Morgan fingerprint density at radius 2 is 2.42 bits per heavy atom. The first-order chi connectivity index (χ1) is 9.20. The minimum atomic E-state index is 0.276. The summed E-state index contributed by atoms with van der Waals surface area (Å²) in [5, 5.41) is 3.59. The lowest BCUT2D eigenvalue weighted by molar-refractivity contribution is -0.132. The number of carbonyl (C=O) groups excluding carboxylic acids is 1. The number of hydrogen-bond acceptors (Lipinski definition) is 3. The predicted molar refractivity (Wildman–Crippen MR) is 75.5 cm³/mol. The molecule has 1 amide bonds. The van der Waals surface area contributed by atoms with Gasteiger partial charge in [-0.25, -0.2) is 0 Å². The molecule has 4 nitrogen and oxygen atoms in total. The molecule has 4 heteroatoms. The van der Waals surface area contributed by atoms with Crippen molar-refractivity contribution in [3.05, 3.63) is 30.1 Å². The summed E-state index contributed by atoms with van der Waals surface area (Å²) in [6.45, 7) is 6.75. The summed E-state index contributed by atoms with van der Waals surface area (Å²) in [5.41, 5.74) is 1.21. The van der Waals surface area contributed by atoms with E-state index >= 15 is 0 Å². The van der Waals surface area contributed by atoms with Gasteiger partial charge in [0.05, 0.1) is 0 Å². The van der Waals surface area contributed by atoms with Crippen molar-refractivity contribution in [3.63, 3.8) is 0 Å². The van der Waals surface area contributed by atoms with Gasteiger partial charge in [-0.3, -0.25) is 9.78 Å². The lowest BCUT2D eigenvalue weighted by Gasteiger charge is -2.37. The van der Waals surface area contributed by atoms with Gasteiger partial charge in [-0.15, -0.1) is 0 Å². The average molecular weight is 261 g/mol. The smallest absolute Gasteiger partial charge is 0.222 e. The molecule has 1 aliphatic heterocycles. The van der Waals surface area contributed by atoms with Crippen molar-refractivity contribution in [1.82, 2.24) is 15.2 Å². The van der Waals surface area contributed by atoms with Gasteiger partial charge in [0.1, 0.15) is 0 Å². The molecule has 0 radical (unpaired) electrons. The van der Waals surface area contributed by atoms with Crippen LogP contribution in [0, 0.1) is 5.92 Å². The van der Waals surface area contributed by atoms with Gasteiger partial charge in [-0.2, -0.15) is 0 Å². The number of hydrogen-bond donors (Lipinski definition) is 1. The fourth-order valence-corrected chi connectivity index (χ4v) is 2.65. The Bertz CT molecular complexity index is 407. The Morgan fingerprint density at radius 1 is 1.58 bits per heavy atom. The van der Waals surface area contributed by atoms with Crippen LogP contribution in [0.5, 0.6) is 0 Å². The topological polar surface area (TPSA) is 45.2 Å². The minimum absolute atomic E-state index is 0.276. The quantitative estimate of drug-likeness (QED) is 0.899. The second kappa shape index (κ2) is 6.66. The first kappa shape index (κ1) is 14.0. The van der Waals surface area contributed by atoms with E-state index in [1.807, 2.05) is 24.1 Å². The molecule has 2 atom stereocenters. The molecule has 0 saturated carbocycles. The third-order valence-electron chi connectivity index (χ3n) is 3.85. The summed E-state index contributed by atoms with van der Waals surface area (Å²) in [6.07, 6.45) is 5.34. The fraction of sp³-hybridized carbons (Fsp3) is 0.600. The van der Waals surface area contributed by atoms with E-state index in [1.165, 1.54) is 5.56 Å². The molecule has 2 heterocycles. The molecule has 1 aromatic rings. The third-order valence-corrected chi connectivity index (χ3v) is 3.85. The molecule has 19 heavy (non-hydrogen) atoms. The number of aromatic nitrogens is 1. The van der Waals surface area contributed by atoms with E-state index in [0.29, 0.717) is 18.4 Å². The van der Waals surface area contributed by atoms with Crippen molar-refractivity contribution in [1.29, 1.82) is 0 Å². The molecule has 1 saturated heterocycles. The Balaban J connectivity index is 1.82. The predicted octanol–water partition coefficient (Wildman–Crippen LogP) is 1.82. The zero-order valence-electron chi connectivity index (χ0n) is 11.8. The second-order valence-electron chi connectivity index (χ2n) is 5.31. The number of pyridine rings is 1. The first-order valence-corrected chi connectivity index (χ1v) is 7.10. The summed E-state index contributed by atoms with van der Waals surface area (Å²) in [4.78, 5) is 17.8. The minimum Gasteiger partial charge on any atom is -0.342 e. The monoisotopic (exact) mass is 261 g/mol. The number of likely N-dealkylation sites (tertiary alicyclic amines) is 1. The Labute approximate surface area is 115 Å². The van der Waals surface area contributed by atoms with Gasteiger partial charge in [0, 0.05) is 44.5 Å². The van der Waals surface area contributed by atoms with Gasteiger partial charge in [0.2, 0.25) is 5.91 Å². The van der Waals surface area contributed by atoms with Crippen LogP contribution in [0.25, 0.3) is 0 Å².